The second-order valence-corrected chi connectivity index (χ2v) is 12.3. The molecule has 2 aromatic carbocycles. The van der Waals surface area contributed by atoms with Gasteiger partial charge < -0.3 is 20.6 Å². The van der Waals surface area contributed by atoms with Crippen molar-refractivity contribution in [3.8, 4) is 11.6 Å². The number of aromatic hydroxyl groups is 1. The smallest absolute Gasteiger partial charge is 0.333 e. The van der Waals surface area contributed by atoms with E-state index in [0.29, 0.717) is 10.8 Å². The van der Waals surface area contributed by atoms with Gasteiger partial charge in [-0.05, 0) is 92.1 Å². The summed E-state index contributed by atoms with van der Waals surface area (Å²) in [5.41, 5.74) is -0.110. The summed E-state index contributed by atoms with van der Waals surface area (Å²) in [5.74, 6) is -1.34. The van der Waals surface area contributed by atoms with Gasteiger partial charge in [-0.2, -0.15) is 0 Å². The molecule has 0 aliphatic carbocycles. The lowest BCUT2D eigenvalue weighted by molar-refractivity contribution is 0.256. The SMILES string of the molecule is O=C(Nc1ccc(-n2c(O)c3ccc(NCCCN4CCCC4)cc3cc2=O)c(F)c1)NS(=O)(=O)c1cccs1. The van der Waals surface area contributed by atoms with E-state index in [0.717, 1.165) is 60.3 Å². The Hall–Kier alpha value is -3.94. The number of nitrogens with one attached hydrogen (secondary N) is 3. The summed E-state index contributed by atoms with van der Waals surface area (Å²) in [6, 6.07) is 11.8. The minimum atomic E-state index is -4.07. The van der Waals surface area contributed by atoms with Crippen LogP contribution in [-0.4, -0.2) is 55.2 Å². The molecule has 0 radical (unpaired) electrons. The van der Waals surface area contributed by atoms with Crippen molar-refractivity contribution in [3.05, 3.63) is 76.1 Å². The van der Waals surface area contributed by atoms with Crippen molar-refractivity contribution in [2.45, 2.75) is 23.5 Å². The Morgan fingerprint density at radius 2 is 1.82 bits per heavy atom. The average molecular weight is 586 g/mol. The second kappa shape index (κ2) is 11.7. The number of nitrogens with zero attached hydrogens (tertiary/aromatic N) is 2. The molecule has 0 spiro atoms. The zero-order chi connectivity index (χ0) is 28.3. The van der Waals surface area contributed by atoms with Crippen molar-refractivity contribution in [2.75, 3.05) is 36.8 Å². The molecule has 13 heteroatoms. The van der Waals surface area contributed by atoms with E-state index in [9.17, 15) is 23.1 Å². The van der Waals surface area contributed by atoms with Gasteiger partial charge in [-0.3, -0.25) is 4.79 Å². The van der Waals surface area contributed by atoms with E-state index in [1.165, 1.54) is 43.2 Å². The molecular weight excluding hydrogens is 557 g/mol. The summed E-state index contributed by atoms with van der Waals surface area (Å²) in [6.45, 7) is 4.10. The third-order valence-corrected chi connectivity index (χ3v) is 9.34. The predicted octanol–water partition coefficient (Wildman–Crippen LogP) is 4.31. The molecule has 1 aliphatic heterocycles. The largest absolute Gasteiger partial charge is 0.494 e. The molecule has 1 fully saturated rings. The van der Waals surface area contributed by atoms with Crippen LogP contribution in [0.4, 0.5) is 20.6 Å². The number of amides is 2. The van der Waals surface area contributed by atoms with E-state index in [1.54, 1.807) is 23.6 Å². The van der Waals surface area contributed by atoms with Crippen molar-refractivity contribution >= 4 is 49.5 Å². The van der Waals surface area contributed by atoms with Gasteiger partial charge in [-0.15, -0.1) is 11.3 Å². The molecule has 4 aromatic rings. The fraction of sp³-hybridized carbons (Fsp3) is 0.259. The van der Waals surface area contributed by atoms with Crippen LogP contribution in [0.2, 0.25) is 0 Å². The standard InChI is InChI=1S/C27H28FN5O5S2/c28-22-17-20(30-27(36)31-40(37,38)25-5-3-14-39-25)7-9-23(22)33-24(34)16-18-15-19(6-8-21(18)26(33)35)29-10-4-13-32-11-1-2-12-32/h3,5-9,14-17,29,35H,1-2,4,10-13H2,(H2,30,31,36). The van der Waals surface area contributed by atoms with Gasteiger partial charge in [-0.25, -0.2) is 26.9 Å². The van der Waals surface area contributed by atoms with Gasteiger partial charge in [-0.1, -0.05) is 6.07 Å². The van der Waals surface area contributed by atoms with Crippen molar-refractivity contribution in [3.63, 3.8) is 0 Å². The number of hydrogen-bond acceptors (Lipinski definition) is 8. The van der Waals surface area contributed by atoms with Gasteiger partial charge in [0.15, 0.2) is 0 Å². The monoisotopic (exact) mass is 585 g/mol. The van der Waals surface area contributed by atoms with Crippen molar-refractivity contribution in [1.29, 1.82) is 0 Å². The maximum atomic E-state index is 15.1. The van der Waals surface area contributed by atoms with E-state index in [4.69, 9.17) is 0 Å². The Bertz CT molecular complexity index is 1700. The van der Waals surface area contributed by atoms with Crippen LogP contribution in [0, 0.1) is 5.82 Å². The van der Waals surface area contributed by atoms with Crippen molar-refractivity contribution < 1.29 is 22.7 Å². The summed E-state index contributed by atoms with van der Waals surface area (Å²) in [6.07, 6.45) is 3.50. The molecule has 10 nitrogen and oxygen atoms in total. The topological polar surface area (TPSA) is 133 Å². The molecule has 0 atom stereocenters. The number of hydrogen-bond donors (Lipinski definition) is 4. The van der Waals surface area contributed by atoms with Crippen LogP contribution >= 0.6 is 11.3 Å². The molecule has 1 aliphatic rings. The lowest BCUT2D eigenvalue weighted by Gasteiger charge is -2.15. The molecule has 0 saturated carbocycles. The number of aromatic nitrogens is 1. The minimum Gasteiger partial charge on any atom is -0.494 e. The van der Waals surface area contributed by atoms with Crippen LogP contribution in [0.5, 0.6) is 5.88 Å². The van der Waals surface area contributed by atoms with Crippen LogP contribution in [0.25, 0.3) is 16.5 Å². The Balaban J connectivity index is 1.29. The van der Waals surface area contributed by atoms with Crippen molar-refractivity contribution in [2.24, 2.45) is 0 Å². The number of anilines is 2. The number of likely N-dealkylation sites (tertiary alicyclic amines) is 1. The minimum absolute atomic E-state index is 0.0456. The average Bonchev–Trinajstić information content (AvgIpc) is 3.62. The zero-order valence-electron chi connectivity index (χ0n) is 21.4. The number of pyridine rings is 1. The van der Waals surface area contributed by atoms with Crippen LogP contribution < -0.4 is 20.9 Å². The first-order chi connectivity index (χ1) is 19.2. The predicted molar refractivity (Wildman–Crippen MR) is 154 cm³/mol. The second-order valence-electron chi connectivity index (χ2n) is 9.43. The van der Waals surface area contributed by atoms with E-state index < -0.39 is 33.3 Å². The third-order valence-electron chi connectivity index (χ3n) is 6.62. The lowest BCUT2D eigenvalue weighted by Crippen LogP contribution is -2.34. The molecular formula is C27H28FN5O5S2. The van der Waals surface area contributed by atoms with E-state index >= 15 is 4.39 Å². The Morgan fingerprint density at radius 1 is 1.05 bits per heavy atom. The van der Waals surface area contributed by atoms with E-state index in [-0.39, 0.29) is 15.6 Å². The molecule has 3 heterocycles. The van der Waals surface area contributed by atoms with Gasteiger partial charge in [0.25, 0.3) is 15.6 Å². The quantitative estimate of drug-likeness (QED) is 0.215. The van der Waals surface area contributed by atoms with Crippen LogP contribution in [0.15, 0.2) is 69.0 Å². The van der Waals surface area contributed by atoms with Gasteiger partial charge in [0.2, 0.25) is 5.88 Å². The molecule has 1 saturated heterocycles. The highest BCUT2D eigenvalue weighted by atomic mass is 32.2. The first-order valence-corrected chi connectivity index (χ1v) is 15.1. The molecule has 4 N–H and O–H groups in total. The number of thiophene rings is 1. The van der Waals surface area contributed by atoms with Crippen LogP contribution in [-0.2, 0) is 10.0 Å². The molecule has 40 heavy (non-hydrogen) atoms. The molecule has 5 rings (SSSR count). The van der Waals surface area contributed by atoms with Crippen molar-refractivity contribution in [1.82, 2.24) is 14.2 Å². The number of halogens is 1. The van der Waals surface area contributed by atoms with Gasteiger partial charge in [0, 0.05) is 29.4 Å². The number of carbonyl (C=O) groups is 1. The summed E-state index contributed by atoms with van der Waals surface area (Å²) in [7, 11) is -4.07. The van der Waals surface area contributed by atoms with E-state index in [1.807, 2.05) is 4.72 Å². The van der Waals surface area contributed by atoms with E-state index in [2.05, 4.69) is 15.5 Å². The first-order valence-electron chi connectivity index (χ1n) is 12.7. The highest BCUT2D eigenvalue weighted by Gasteiger charge is 2.20. The Kier molecular flexibility index (Phi) is 8.05. The summed E-state index contributed by atoms with van der Waals surface area (Å²) in [4.78, 5) is 27.6. The molecule has 2 amide bonds. The van der Waals surface area contributed by atoms with Gasteiger partial charge >= 0.3 is 6.03 Å². The Morgan fingerprint density at radius 3 is 2.55 bits per heavy atom. The number of urea groups is 1. The molecule has 0 bridgehead atoms. The highest BCUT2D eigenvalue weighted by Crippen LogP contribution is 2.29. The number of benzene rings is 2. The maximum Gasteiger partial charge on any atom is 0.333 e. The Labute approximate surface area is 234 Å². The number of rotatable bonds is 9. The molecule has 210 valence electrons. The van der Waals surface area contributed by atoms with Crippen LogP contribution in [0.1, 0.15) is 19.3 Å². The first kappa shape index (κ1) is 27.6. The number of sulfonamides is 1. The molecule has 0 unspecified atom stereocenters. The lowest BCUT2D eigenvalue weighted by atomic mass is 10.1. The number of fused-ring (bicyclic) bond motifs is 1. The van der Waals surface area contributed by atoms with Gasteiger partial charge in [0.05, 0.1) is 5.69 Å². The zero-order valence-corrected chi connectivity index (χ0v) is 23.0. The van der Waals surface area contributed by atoms with Crippen LogP contribution in [0.3, 0.4) is 0 Å². The number of carbonyl (C=O) groups excluding carboxylic acids is 1. The third kappa shape index (κ3) is 6.11. The maximum absolute atomic E-state index is 15.1. The normalized spacial score (nSPS) is 13.9. The fourth-order valence-electron chi connectivity index (χ4n) is 4.70. The summed E-state index contributed by atoms with van der Waals surface area (Å²) < 4.78 is 42.2. The molecule has 2 aromatic heterocycles. The fourth-order valence-corrected chi connectivity index (χ4v) is 6.60. The summed E-state index contributed by atoms with van der Waals surface area (Å²) in [5, 5.41) is 18.9. The highest BCUT2D eigenvalue weighted by molar-refractivity contribution is 7.92. The summed E-state index contributed by atoms with van der Waals surface area (Å²) >= 11 is 0.941. The van der Waals surface area contributed by atoms with Gasteiger partial charge in [0.1, 0.15) is 10.0 Å².